The first-order valence-corrected chi connectivity index (χ1v) is 20.1. The molecule has 2 bridgehead atoms. The van der Waals surface area contributed by atoms with E-state index in [1.165, 1.54) is 6.92 Å². The first-order valence-electron chi connectivity index (χ1n) is 20.1. The Kier molecular flexibility index (Phi) is 19.4. The molecular formula is C48H63NO13. The Hall–Kier alpha value is -5.70. The number of allylic oxidation sites excluding steroid dienone is 1. The third kappa shape index (κ3) is 13.2. The number of carbonyl (C=O) groups excluding carboxylic acids is 3. The van der Waals surface area contributed by atoms with Crippen LogP contribution < -0.4 is 5.73 Å². The second-order valence-corrected chi connectivity index (χ2v) is 16.4. The molecule has 3 fully saturated rings. The number of aliphatic carboxylic acids is 2. The highest BCUT2D eigenvalue weighted by Crippen LogP contribution is 2.61. The van der Waals surface area contributed by atoms with Gasteiger partial charge in [-0.1, -0.05) is 93.6 Å². The summed E-state index contributed by atoms with van der Waals surface area (Å²) in [5.41, 5.74) is 5.80. The number of aromatic carboxylic acids is 1. The van der Waals surface area contributed by atoms with Crippen LogP contribution in [0.1, 0.15) is 107 Å². The zero-order valence-electron chi connectivity index (χ0n) is 35.6. The number of hydrogen-bond donors (Lipinski definition) is 6. The molecule has 3 aromatic carbocycles. The molecule has 3 aliphatic carbocycles. The van der Waals surface area contributed by atoms with E-state index in [-0.39, 0.29) is 43.5 Å². The summed E-state index contributed by atoms with van der Waals surface area (Å²) in [6, 6.07) is 26.7. The molecule has 1 aliphatic heterocycles. The Labute approximate surface area is 363 Å². The van der Waals surface area contributed by atoms with Crippen LogP contribution in [-0.4, -0.2) is 91.6 Å². The Morgan fingerprint density at radius 3 is 1.74 bits per heavy atom. The van der Waals surface area contributed by atoms with Crippen molar-refractivity contribution in [1.82, 2.24) is 0 Å². The van der Waals surface area contributed by atoms with Gasteiger partial charge in [-0.25, -0.2) is 4.79 Å². The van der Waals surface area contributed by atoms with E-state index in [1.54, 1.807) is 61.5 Å². The number of carboxylic acids is 3. The molecule has 62 heavy (non-hydrogen) atoms. The van der Waals surface area contributed by atoms with Gasteiger partial charge in [0.2, 0.25) is 5.91 Å². The molecule has 2 saturated carbocycles. The van der Waals surface area contributed by atoms with Gasteiger partial charge in [0, 0.05) is 43.6 Å². The molecule has 7 rings (SSSR count). The van der Waals surface area contributed by atoms with Crippen molar-refractivity contribution < 1.29 is 63.8 Å². The number of esters is 1. The number of aryl methyl sites for hydroxylation is 1. The van der Waals surface area contributed by atoms with Gasteiger partial charge in [-0.15, -0.1) is 0 Å². The molecule has 0 spiro atoms. The number of rotatable bonds is 6. The van der Waals surface area contributed by atoms with Crippen LogP contribution in [0.2, 0.25) is 0 Å². The average Bonchev–Trinajstić information content (AvgIpc) is 3.19. The number of hydrogen-bond acceptors (Lipinski definition) is 10. The van der Waals surface area contributed by atoms with Crippen molar-refractivity contribution in [2.24, 2.45) is 28.4 Å². The Bertz CT molecular complexity index is 1960. The van der Waals surface area contributed by atoms with Gasteiger partial charge in [-0.05, 0) is 80.9 Å². The van der Waals surface area contributed by atoms with Crippen molar-refractivity contribution in [3.05, 3.63) is 119 Å². The van der Waals surface area contributed by atoms with Crippen LogP contribution in [-0.2, 0) is 35.1 Å². The SMILES string of the molecule is C.CC(=O)O.CC(=O)OC1C(=O)C2(C)C(O)CC3OCC3C2CC2(O)CCC(C)=C1C2(C)C.NC(=O)c1ccccc1.O=C(O)CCc1ccccc1.O=C(O)c1ccccc1. The van der Waals surface area contributed by atoms with E-state index >= 15 is 0 Å². The lowest BCUT2D eigenvalue weighted by atomic mass is 9.47. The van der Waals surface area contributed by atoms with Crippen molar-refractivity contribution in [2.75, 3.05) is 6.61 Å². The molecule has 338 valence electrons. The predicted molar refractivity (Wildman–Crippen MR) is 232 cm³/mol. The number of carboxylic acid groups (broad SMARTS) is 3. The topological polar surface area (TPSA) is 248 Å². The number of ketones is 1. The number of nitrogens with two attached hydrogens (primary N) is 1. The monoisotopic (exact) mass is 861 g/mol. The lowest BCUT2D eigenvalue weighted by Crippen LogP contribution is -2.68. The summed E-state index contributed by atoms with van der Waals surface area (Å²) < 4.78 is 11.3. The molecule has 7 atom stereocenters. The molecule has 1 heterocycles. The van der Waals surface area contributed by atoms with E-state index in [4.69, 9.17) is 35.3 Å². The Morgan fingerprint density at radius 1 is 0.839 bits per heavy atom. The molecule has 14 heteroatoms. The van der Waals surface area contributed by atoms with Crippen LogP contribution >= 0.6 is 0 Å². The molecule has 7 N–H and O–H groups in total. The van der Waals surface area contributed by atoms with Gasteiger partial charge in [0.25, 0.3) is 5.97 Å². The van der Waals surface area contributed by atoms with Crippen LogP contribution in [0.5, 0.6) is 0 Å². The van der Waals surface area contributed by atoms with Gasteiger partial charge in [0.1, 0.15) is 0 Å². The predicted octanol–water partition coefficient (Wildman–Crippen LogP) is 6.76. The molecule has 0 radical (unpaired) electrons. The fourth-order valence-corrected chi connectivity index (χ4v) is 8.50. The normalized spacial score (nSPS) is 26.0. The second-order valence-electron chi connectivity index (χ2n) is 16.4. The first kappa shape index (κ1) is 52.4. The zero-order chi connectivity index (χ0) is 45.7. The molecule has 0 aromatic heterocycles. The van der Waals surface area contributed by atoms with E-state index in [2.05, 4.69) is 0 Å². The van der Waals surface area contributed by atoms with Gasteiger partial charge in [-0.3, -0.25) is 24.0 Å². The lowest BCUT2D eigenvalue weighted by molar-refractivity contribution is -0.242. The number of amides is 1. The van der Waals surface area contributed by atoms with Gasteiger partial charge < -0.3 is 40.7 Å². The van der Waals surface area contributed by atoms with Gasteiger partial charge in [0.05, 0.1) is 35.4 Å². The average molecular weight is 862 g/mol. The smallest absolute Gasteiger partial charge is 0.335 e. The quantitative estimate of drug-likeness (QED) is 0.111. The number of aliphatic hydroxyl groups excluding tert-OH is 1. The van der Waals surface area contributed by atoms with E-state index < -0.39 is 52.5 Å². The fraction of sp³-hybridized carbons (Fsp3) is 0.458. The molecule has 7 unspecified atom stereocenters. The number of fused-ring (bicyclic) bond motifs is 5. The first-order chi connectivity index (χ1) is 28.6. The van der Waals surface area contributed by atoms with Crippen molar-refractivity contribution in [2.45, 2.75) is 111 Å². The maximum atomic E-state index is 13.9. The summed E-state index contributed by atoms with van der Waals surface area (Å²) in [5.74, 6) is -3.69. The Morgan fingerprint density at radius 2 is 1.34 bits per heavy atom. The second kappa shape index (κ2) is 22.9. The fourth-order valence-electron chi connectivity index (χ4n) is 8.50. The minimum atomic E-state index is -1.08. The number of Topliss-reactive ketones (excluding diaryl/α,β-unsaturated/α-hetero) is 1. The van der Waals surface area contributed by atoms with Crippen LogP contribution in [0.25, 0.3) is 0 Å². The van der Waals surface area contributed by atoms with E-state index in [0.29, 0.717) is 55.4 Å². The third-order valence-corrected chi connectivity index (χ3v) is 12.0. The minimum Gasteiger partial charge on any atom is -0.481 e. The van der Waals surface area contributed by atoms with Gasteiger partial charge in [0.15, 0.2) is 11.9 Å². The highest BCUT2D eigenvalue weighted by atomic mass is 16.5. The largest absolute Gasteiger partial charge is 0.481 e. The van der Waals surface area contributed by atoms with Crippen molar-refractivity contribution in [3.8, 4) is 0 Å². The molecule has 3 aromatic rings. The van der Waals surface area contributed by atoms with E-state index in [1.807, 2.05) is 57.2 Å². The van der Waals surface area contributed by atoms with Crippen LogP contribution in [0.15, 0.2) is 102 Å². The van der Waals surface area contributed by atoms with Crippen molar-refractivity contribution in [1.29, 1.82) is 0 Å². The summed E-state index contributed by atoms with van der Waals surface area (Å²) in [7, 11) is 0. The van der Waals surface area contributed by atoms with Gasteiger partial charge >= 0.3 is 17.9 Å². The highest BCUT2D eigenvalue weighted by molar-refractivity contribution is 5.94. The maximum absolute atomic E-state index is 13.9. The highest BCUT2D eigenvalue weighted by Gasteiger charge is 2.66. The maximum Gasteiger partial charge on any atom is 0.335 e. The zero-order valence-corrected chi connectivity index (χ0v) is 35.6. The number of carbonyl (C=O) groups is 6. The van der Waals surface area contributed by atoms with Crippen molar-refractivity contribution >= 4 is 35.6 Å². The molecule has 4 aliphatic rings. The minimum absolute atomic E-state index is 0. The Balaban J connectivity index is 0.000000319. The lowest BCUT2D eigenvalue weighted by Gasteiger charge is -2.62. The molecule has 1 amide bonds. The van der Waals surface area contributed by atoms with E-state index in [9.17, 15) is 34.2 Å². The molecule has 1 saturated heterocycles. The summed E-state index contributed by atoms with van der Waals surface area (Å²) >= 11 is 0. The molecule has 14 nitrogen and oxygen atoms in total. The number of aliphatic hydroxyl groups is 2. The molecular weight excluding hydrogens is 799 g/mol. The van der Waals surface area contributed by atoms with Crippen LogP contribution in [0.4, 0.5) is 0 Å². The standard InChI is InChI=1S/C22H32O6.C9H10O2.C7H7NO.C7H6O2.C2H4O2.CH4/c1-11-6-7-22(26)9-14-13-10-27-15(13)8-16(24)21(14,5)19(25)18(28-12(2)23)17(11)20(22,3)4;10-9(11)7-6-8-4-2-1-3-5-8;2*8-7(9)6-4-2-1-3-5-6;1-2(3)4;/h13-16,18,24,26H,6-10H2,1-5H3;1-5H,6-7H2,(H,10,11);1-5H,(H2,8,9);1-5H,(H,8,9);1H3,(H,3,4);1H4. The summed E-state index contributed by atoms with van der Waals surface area (Å²) in [6.45, 7) is 10.6. The third-order valence-electron chi connectivity index (χ3n) is 12.0. The van der Waals surface area contributed by atoms with Crippen molar-refractivity contribution in [3.63, 3.8) is 0 Å². The van der Waals surface area contributed by atoms with Crippen LogP contribution in [0, 0.1) is 22.7 Å². The number of benzene rings is 3. The number of ether oxygens (including phenoxy) is 2. The summed E-state index contributed by atoms with van der Waals surface area (Å²) in [5, 5.41) is 47.1. The summed E-state index contributed by atoms with van der Waals surface area (Å²) in [4.78, 5) is 65.7. The van der Waals surface area contributed by atoms with Crippen LogP contribution in [0.3, 0.4) is 0 Å². The van der Waals surface area contributed by atoms with Gasteiger partial charge in [-0.2, -0.15) is 0 Å². The number of primary amides is 1. The van der Waals surface area contributed by atoms with E-state index in [0.717, 1.165) is 18.1 Å². The summed E-state index contributed by atoms with van der Waals surface area (Å²) in [6.07, 6.45) is 0.896.